The van der Waals surface area contributed by atoms with Crippen molar-refractivity contribution < 1.29 is 9.53 Å². The fourth-order valence-electron chi connectivity index (χ4n) is 4.07. The highest BCUT2D eigenvalue weighted by molar-refractivity contribution is 5.94. The van der Waals surface area contributed by atoms with Crippen LogP contribution in [0.15, 0.2) is 24.4 Å². The molecule has 4 rings (SSSR count). The fourth-order valence-corrected chi connectivity index (χ4v) is 4.07. The van der Waals surface area contributed by atoms with Gasteiger partial charge in [-0.3, -0.25) is 4.79 Å². The molecule has 0 radical (unpaired) electrons. The van der Waals surface area contributed by atoms with Crippen LogP contribution < -0.4 is 4.74 Å². The number of rotatable bonds is 4. The molecule has 6 heteroatoms. The van der Waals surface area contributed by atoms with Gasteiger partial charge in [-0.25, -0.2) is 4.68 Å². The smallest absolute Gasteiger partial charge is 0.253 e. The predicted octanol–water partition coefficient (Wildman–Crippen LogP) is 3.28. The van der Waals surface area contributed by atoms with Crippen molar-refractivity contribution in [3.05, 3.63) is 41.2 Å². The van der Waals surface area contributed by atoms with Gasteiger partial charge in [-0.1, -0.05) is 19.1 Å². The SMILES string of the molecule is CC(C)Cc1cn(C2CCN(C(=O)c3ccc4c(c3)C[C@@H](C)O4)CC2)nn1. The van der Waals surface area contributed by atoms with Gasteiger partial charge in [0, 0.05) is 31.3 Å². The minimum Gasteiger partial charge on any atom is -0.490 e. The van der Waals surface area contributed by atoms with Gasteiger partial charge in [-0.2, -0.15) is 0 Å². The Kier molecular flexibility index (Phi) is 4.89. The number of hydrogen-bond donors (Lipinski definition) is 0. The molecular formula is C21H28N4O2. The molecule has 1 amide bonds. The first-order chi connectivity index (χ1) is 13.0. The van der Waals surface area contributed by atoms with E-state index >= 15 is 0 Å². The van der Waals surface area contributed by atoms with Crippen LogP contribution in [-0.2, 0) is 12.8 Å². The van der Waals surface area contributed by atoms with Gasteiger partial charge in [-0.15, -0.1) is 5.10 Å². The summed E-state index contributed by atoms with van der Waals surface area (Å²) < 4.78 is 7.73. The summed E-state index contributed by atoms with van der Waals surface area (Å²) in [5.41, 5.74) is 2.96. The Balaban J connectivity index is 1.37. The second kappa shape index (κ2) is 7.33. The van der Waals surface area contributed by atoms with E-state index < -0.39 is 0 Å². The summed E-state index contributed by atoms with van der Waals surface area (Å²) in [6, 6.07) is 6.16. The number of piperidine rings is 1. The Morgan fingerprint density at radius 3 is 2.81 bits per heavy atom. The molecule has 2 aromatic rings. The van der Waals surface area contributed by atoms with E-state index in [4.69, 9.17) is 4.74 Å². The van der Waals surface area contributed by atoms with Crippen LogP contribution in [0.25, 0.3) is 0 Å². The molecule has 0 N–H and O–H groups in total. The third-order valence-electron chi connectivity index (χ3n) is 5.44. The summed E-state index contributed by atoms with van der Waals surface area (Å²) in [7, 11) is 0. The number of fused-ring (bicyclic) bond motifs is 1. The number of aromatic nitrogens is 3. The molecule has 0 aliphatic carbocycles. The number of carbonyl (C=O) groups excluding carboxylic acids is 1. The predicted molar refractivity (Wildman–Crippen MR) is 103 cm³/mol. The molecule has 0 spiro atoms. The van der Waals surface area contributed by atoms with E-state index in [0.29, 0.717) is 12.0 Å². The Hall–Kier alpha value is -2.37. The monoisotopic (exact) mass is 368 g/mol. The highest BCUT2D eigenvalue weighted by atomic mass is 16.5. The molecular weight excluding hydrogens is 340 g/mol. The molecule has 1 atom stereocenters. The topological polar surface area (TPSA) is 60.2 Å². The zero-order valence-electron chi connectivity index (χ0n) is 16.4. The molecule has 1 aromatic heterocycles. The van der Waals surface area contributed by atoms with Crippen LogP contribution in [0.3, 0.4) is 0 Å². The first kappa shape index (κ1) is 18.0. The van der Waals surface area contributed by atoms with Crippen molar-refractivity contribution in [2.75, 3.05) is 13.1 Å². The van der Waals surface area contributed by atoms with Crippen molar-refractivity contribution in [3.8, 4) is 5.75 Å². The van der Waals surface area contributed by atoms with Gasteiger partial charge in [0.05, 0.1) is 11.7 Å². The minimum absolute atomic E-state index is 0.120. The van der Waals surface area contributed by atoms with Crippen molar-refractivity contribution >= 4 is 5.91 Å². The van der Waals surface area contributed by atoms with E-state index in [0.717, 1.165) is 61.3 Å². The van der Waals surface area contributed by atoms with E-state index in [-0.39, 0.29) is 12.0 Å². The standard InChI is InChI=1S/C21H28N4O2/c1-14(2)10-18-13-25(23-22-18)19-6-8-24(9-7-19)21(26)16-4-5-20-17(12-16)11-15(3)27-20/h4-5,12-15,19H,6-11H2,1-3H3/t15-/m1/s1. The van der Waals surface area contributed by atoms with E-state index in [1.54, 1.807) is 0 Å². The maximum atomic E-state index is 12.9. The van der Waals surface area contributed by atoms with Crippen molar-refractivity contribution in [2.45, 2.75) is 58.6 Å². The van der Waals surface area contributed by atoms with E-state index in [2.05, 4.69) is 37.3 Å². The molecule has 3 heterocycles. The number of ether oxygens (including phenoxy) is 1. The molecule has 1 aromatic carbocycles. The van der Waals surface area contributed by atoms with Crippen LogP contribution in [0.4, 0.5) is 0 Å². The van der Waals surface area contributed by atoms with Gasteiger partial charge in [0.25, 0.3) is 5.91 Å². The maximum absolute atomic E-state index is 12.9. The molecule has 2 aliphatic rings. The zero-order valence-corrected chi connectivity index (χ0v) is 16.4. The van der Waals surface area contributed by atoms with Crippen molar-refractivity contribution in [3.63, 3.8) is 0 Å². The second-order valence-corrected chi connectivity index (χ2v) is 8.27. The number of nitrogens with zero attached hydrogens (tertiary/aromatic N) is 4. The summed E-state index contributed by atoms with van der Waals surface area (Å²) in [6.07, 6.45) is 5.94. The normalized spacial score (nSPS) is 20.0. The lowest BCUT2D eigenvalue weighted by Gasteiger charge is -2.32. The minimum atomic E-state index is 0.120. The number of carbonyl (C=O) groups is 1. The molecule has 0 bridgehead atoms. The van der Waals surface area contributed by atoms with Gasteiger partial charge in [0.1, 0.15) is 11.9 Å². The van der Waals surface area contributed by atoms with Crippen molar-refractivity contribution in [1.29, 1.82) is 0 Å². The number of benzene rings is 1. The highest BCUT2D eigenvalue weighted by Gasteiger charge is 2.27. The van der Waals surface area contributed by atoms with Crippen LogP contribution in [0, 0.1) is 5.92 Å². The van der Waals surface area contributed by atoms with Crippen LogP contribution in [-0.4, -0.2) is 45.0 Å². The molecule has 0 unspecified atom stereocenters. The van der Waals surface area contributed by atoms with Gasteiger partial charge >= 0.3 is 0 Å². The van der Waals surface area contributed by atoms with Crippen LogP contribution in [0.2, 0.25) is 0 Å². The molecule has 1 fully saturated rings. The van der Waals surface area contributed by atoms with Gasteiger partial charge in [0.2, 0.25) is 0 Å². The lowest BCUT2D eigenvalue weighted by Crippen LogP contribution is -2.39. The lowest BCUT2D eigenvalue weighted by molar-refractivity contribution is 0.0689. The number of likely N-dealkylation sites (tertiary alicyclic amines) is 1. The van der Waals surface area contributed by atoms with Crippen molar-refractivity contribution in [1.82, 2.24) is 19.9 Å². The second-order valence-electron chi connectivity index (χ2n) is 8.27. The lowest BCUT2D eigenvalue weighted by atomic mass is 10.0. The molecule has 144 valence electrons. The third kappa shape index (κ3) is 3.84. The van der Waals surface area contributed by atoms with E-state index in [9.17, 15) is 4.79 Å². The Labute approximate surface area is 160 Å². The molecule has 1 saturated heterocycles. The van der Waals surface area contributed by atoms with Gasteiger partial charge in [0.15, 0.2) is 0 Å². The molecule has 27 heavy (non-hydrogen) atoms. The molecule has 6 nitrogen and oxygen atoms in total. The van der Waals surface area contributed by atoms with Gasteiger partial charge in [-0.05, 0) is 55.9 Å². The Morgan fingerprint density at radius 1 is 1.30 bits per heavy atom. The zero-order chi connectivity index (χ0) is 19.0. The summed E-state index contributed by atoms with van der Waals surface area (Å²) in [5.74, 6) is 1.62. The quantitative estimate of drug-likeness (QED) is 0.831. The molecule has 2 aliphatic heterocycles. The molecule has 0 saturated carbocycles. The first-order valence-electron chi connectivity index (χ1n) is 9.99. The maximum Gasteiger partial charge on any atom is 0.253 e. The first-order valence-corrected chi connectivity index (χ1v) is 9.99. The highest BCUT2D eigenvalue weighted by Crippen LogP contribution is 2.30. The Morgan fingerprint density at radius 2 is 2.07 bits per heavy atom. The van der Waals surface area contributed by atoms with Crippen LogP contribution in [0.5, 0.6) is 5.75 Å². The number of hydrogen-bond acceptors (Lipinski definition) is 4. The van der Waals surface area contributed by atoms with Crippen LogP contribution >= 0.6 is 0 Å². The summed E-state index contributed by atoms with van der Waals surface area (Å²) >= 11 is 0. The largest absolute Gasteiger partial charge is 0.490 e. The van der Waals surface area contributed by atoms with Gasteiger partial charge < -0.3 is 9.64 Å². The average molecular weight is 368 g/mol. The number of amides is 1. The summed E-state index contributed by atoms with van der Waals surface area (Å²) in [6.45, 7) is 7.95. The summed E-state index contributed by atoms with van der Waals surface area (Å²) in [5, 5.41) is 8.61. The average Bonchev–Trinajstić information content (AvgIpc) is 3.25. The third-order valence-corrected chi connectivity index (χ3v) is 5.44. The van der Waals surface area contributed by atoms with Crippen molar-refractivity contribution in [2.24, 2.45) is 5.92 Å². The fraction of sp³-hybridized carbons (Fsp3) is 0.571. The van der Waals surface area contributed by atoms with E-state index in [1.807, 2.05) is 27.8 Å². The Bertz CT molecular complexity index is 821. The van der Waals surface area contributed by atoms with E-state index in [1.165, 1.54) is 0 Å². The summed E-state index contributed by atoms with van der Waals surface area (Å²) in [4.78, 5) is 14.9. The van der Waals surface area contributed by atoms with Crippen LogP contribution in [0.1, 0.15) is 61.3 Å².